The van der Waals surface area contributed by atoms with Gasteiger partial charge in [-0.3, -0.25) is 14.1 Å². The summed E-state index contributed by atoms with van der Waals surface area (Å²) >= 11 is 0. The first kappa shape index (κ1) is 21.4. The molecule has 0 bridgehead atoms. The van der Waals surface area contributed by atoms with Crippen LogP contribution >= 0.6 is 0 Å². The van der Waals surface area contributed by atoms with Crippen LogP contribution in [-0.2, 0) is 23.1 Å². The molecule has 3 aromatic rings. The molecule has 0 saturated carbocycles. The van der Waals surface area contributed by atoms with Crippen LogP contribution in [0.4, 0.5) is 0 Å². The Labute approximate surface area is 178 Å². The molecular formula is C23H24N4O2S. The molecule has 2 aromatic carbocycles. The van der Waals surface area contributed by atoms with E-state index in [9.17, 15) is 9.00 Å². The fraction of sp³-hybridized carbons (Fsp3) is 0.174. The van der Waals surface area contributed by atoms with Gasteiger partial charge in [0.2, 0.25) is 5.16 Å². The zero-order chi connectivity index (χ0) is 21.2. The van der Waals surface area contributed by atoms with E-state index in [1.807, 2.05) is 73.7 Å². The topological polar surface area (TPSA) is 80.6 Å². The smallest absolute Gasteiger partial charge is 0.271 e. The van der Waals surface area contributed by atoms with Crippen molar-refractivity contribution in [3.8, 4) is 11.1 Å². The molecule has 154 valence electrons. The molecule has 0 aliphatic rings. The average Bonchev–Trinajstić information content (AvgIpc) is 2.86. The van der Waals surface area contributed by atoms with Gasteiger partial charge in [0.1, 0.15) is 6.20 Å². The number of H-pyrrole nitrogens is 1. The minimum Gasteiger partial charge on any atom is -0.309 e. The molecule has 1 atom stereocenters. The maximum absolute atomic E-state index is 13.0. The summed E-state index contributed by atoms with van der Waals surface area (Å²) in [5, 5.41) is 6.78. The molecule has 0 aliphatic heterocycles. The third-order valence-corrected chi connectivity index (χ3v) is 5.57. The van der Waals surface area contributed by atoms with E-state index < -0.39 is 10.8 Å². The van der Waals surface area contributed by atoms with Crippen molar-refractivity contribution in [2.45, 2.75) is 30.8 Å². The maximum Gasteiger partial charge on any atom is 0.271 e. The maximum atomic E-state index is 13.0. The molecule has 1 unspecified atom stereocenters. The summed E-state index contributed by atoms with van der Waals surface area (Å²) in [6.07, 6.45) is 8.99. The summed E-state index contributed by atoms with van der Waals surface area (Å²) in [5.41, 5.74) is 2.75. The van der Waals surface area contributed by atoms with Gasteiger partial charge in [-0.05, 0) is 23.1 Å². The second-order valence-corrected chi connectivity index (χ2v) is 7.85. The van der Waals surface area contributed by atoms with E-state index in [2.05, 4.69) is 15.2 Å². The monoisotopic (exact) mass is 420 g/mol. The summed E-state index contributed by atoms with van der Waals surface area (Å²) in [6.45, 7) is 2.45. The molecule has 1 heterocycles. The van der Waals surface area contributed by atoms with E-state index in [4.69, 9.17) is 0 Å². The molecule has 7 heteroatoms. The number of nitrogens with zero attached hydrogens (tertiary/aromatic N) is 3. The van der Waals surface area contributed by atoms with Crippen molar-refractivity contribution in [1.82, 2.24) is 19.7 Å². The van der Waals surface area contributed by atoms with Crippen LogP contribution < -0.4 is 5.56 Å². The summed E-state index contributed by atoms with van der Waals surface area (Å²) in [5.74, 6) is 0.275. The molecule has 0 aliphatic carbocycles. The zero-order valence-electron chi connectivity index (χ0n) is 16.8. The third kappa shape index (κ3) is 5.84. The quantitative estimate of drug-likeness (QED) is 0.585. The van der Waals surface area contributed by atoms with Gasteiger partial charge < -0.3 is 4.57 Å². The largest absolute Gasteiger partial charge is 0.309 e. The van der Waals surface area contributed by atoms with Crippen molar-refractivity contribution >= 4 is 10.8 Å². The number of nitrogens with one attached hydrogen (secondary N) is 1. The molecule has 0 amide bonds. The molecule has 1 N–H and O–H groups in total. The highest BCUT2D eigenvalue weighted by atomic mass is 32.2. The SMILES string of the molecule is CC/C=C/Cn1ccnc(S(=O)Cc2ccccc2-c2ccccc2)[nH]ncc1=O. The van der Waals surface area contributed by atoms with Gasteiger partial charge in [-0.15, -0.1) is 0 Å². The zero-order valence-corrected chi connectivity index (χ0v) is 17.6. The summed E-state index contributed by atoms with van der Waals surface area (Å²) in [7, 11) is -1.47. The van der Waals surface area contributed by atoms with Crippen molar-refractivity contribution < 1.29 is 4.21 Å². The van der Waals surface area contributed by atoms with E-state index in [0.29, 0.717) is 6.54 Å². The molecule has 1 aromatic heterocycles. The second-order valence-electron chi connectivity index (χ2n) is 6.49. The Kier molecular flexibility index (Phi) is 7.86. The van der Waals surface area contributed by atoms with Crippen LogP contribution in [0.25, 0.3) is 11.1 Å². The number of rotatable bonds is 7. The predicted molar refractivity (Wildman–Crippen MR) is 120 cm³/mol. The van der Waals surface area contributed by atoms with E-state index in [0.717, 1.165) is 23.1 Å². The Morgan fingerprint density at radius 2 is 1.83 bits per heavy atom. The van der Waals surface area contributed by atoms with Crippen LogP contribution in [0.1, 0.15) is 18.9 Å². The van der Waals surface area contributed by atoms with Gasteiger partial charge in [-0.1, -0.05) is 73.7 Å². The summed E-state index contributed by atoms with van der Waals surface area (Å²) < 4.78 is 14.5. The average molecular weight is 421 g/mol. The summed E-state index contributed by atoms with van der Waals surface area (Å²) in [6, 6.07) is 17.8. The van der Waals surface area contributed by atoms with Crippen LogP contribution in [0, 0.1) is 0 Å². The molecule has 0 fully saturated rings. The fourth-order valence-corrected chi connectivity index (χ4v) is 3.87. The number of hydrogen-bond acceptors (Lipinski definition) is 4. The van der Waals surface area contributed by atoms with Crippen molar-refractivity contribution in [1.29, 1.82) is 0 Å². The number of aromatic amines is 1. The van der Waals surface area contributed by atoms with Crippen LogP contribution in [0.2, 0.25) is 0 Å². The molecule has 6 nitrogen and oxygen atoms in total. The van der Waals surface area contributed by atoms with E-state index in [1.54, 1.807) is 6.20 Å². The van der Waals surface area contributed by atoms with Crippen LogP contribution in [0.5, 0.6) is 0 Å². The Bertz CT molecular complexity index is 1130. The Balaban J connectivity index is 1.88. The van der Waals surface area contributed by atoms with Crippen molar-refractivity contribution in [2.75, 3.05) is 0 Å². The fourth-order valence-electron chi connectivity index (χ4n) is 2.87. The highest BCUT2D eigenvalue weighted by molar-refractivity contribution is 7.84. The molecule has 0 saturated heterocycles. The third-order valence-electron chi connectivity index (χ3n) is 4.37. The second kappa shape index (κ2) is 11.0. The van der Waals surface area contributed by atoms with Crippen LogP contribution in [-0.4, -0.2) is 24.0 Å². The molecule has 3 rings (SSSR count). The van der Waals surface area contributed by atoms with Gasteiger partial charge in [0.25, 0.3) is 5.56 Å². The number of aromatic nitrogens is 4. The minimum absolute atomic E-state index is 0.198. The van der Waals surface area contributed by atoms with E-state index in [-0.39, 0.29) is 16.5 Å². The van der Waals surface area contributed by atoms with Crippen molar-refractivity contribution in [3.63, 3.8) is 0 Å². The Morgan fingerprint density at radius 1 is 1.07 bits per heavy atom. The highest BCUT2D eigenvalue weighted by Crippen LogP contribution is 2.25. The number of allylic oxidation sites excluding steroid dienone is 2. The lowest BCUT2D eigenvalue weighted by atomic mass is 10.0. The van der Waals surface area contributed by atoms with Gasteiger partial charge in [0.15, 0.2) is 0 Å². The van der Waals surface area contributed by atoms with Crippen LogP contribution in [0.3, 0.4) is 0 Å². The Hall–Kier alpha value is -3.32. The lowest BCUT2D eigenvalue weighted by molar-refractivity contribution is 0.672. The lowest BCUT2D eigenvalue weighted by Crippen LogP contribution is -2.15. The first-order valence-corrected chi connectivity index (χ1v) is 11.0. The molecule has 30 heavy (non-hydrogen) atoms. The highest BCUT2D eigenvalue weighted by Gasteiger charge is 2.11. The molecule has 0 spiro atoms. The predicted octanol–water partition coefficient (Wildman–Crippen LogP) is 4.03. The molecular weight excluding hydrogens is 396 g/mol. The van der Waals surface area contributed by atoms with Gasteiger partial charge in [-0.25, -0.2) is 4.98 Å². The van der Waals surface area contributed by atoms with E-state index in [1.165, 1.54) is 17.0 Å². The van der Waals surface area contributed by atoms with Gasteiger partial charge in [0, 0.05) is 18.9 Å². The van der Waals surface area contributed by atoms with Gasteiger partial charge in [0.05, 0.1) is 16.6 Å². The van der Waals surface area contributed by atoms with E-state index >= 15 is 0 Å². The van der Waals surface area contributed by atoms with Crippen molar-refractivity contribution in [2.24, 2.45) is 0 Å². The van der Waals surface area contributed by atoms with Crippen molar-refractivity contribution in [3.05, 3.63) is 101 Å². The first-order chi connectivity index (χ1) is 14.7. The standard InChI is InChI=1S/C23H24N4O2S/c1-2-3-9-15-27-16-14-24-23(26-25-17-22(27)28)30(29)18-20-12-7-8-13-21(20)19-10-5-4-6-11-19/h3-14,16-17H,2,15,18H2,1H3,(H,24,26)/b9-3+,16-14?,25-17?. The molecule has 0 radical (unpaired) electrons. The summed E-state index contributed by atoms with van der Waals surface area (Å²) in [4.78, 5) is 16.5. The van der Waals surface area contributed by atoms with Gasteiger partial charge in [-0.2, -0.15) is 5.10 Å². The number of hydrogen-bond donors (Lipinski definition) is 1. The number of benzene rings is 2. The first-order valence-electron chi connectivity index (χ1n) is 9.70. The van der Waals surface area contributed by atoms with Crippen LogP contribution in [0.15, 0.2) is 95.3 Å². The lowest BCUT2D eigenvalue weighted by Gasteiger charge is -2.09. The Morgan fingerprint density at radius 3 is 2.63 bits per heavy atom. The normalized spacial score (nSPS) is 11.9. The van der Waals surface area contributed by atoms with Gasteiger partial charge >= 0.3 is 0 Å². The minimum atomic E-state index is -1.47.